The quantitative estimate of drug-likeness (QED) is 0.177. The van der Waals surface area contributed by atoms with E-state index in [1.165, 1.54) is 65.5 Å². The van der Waals surface area contributed by atoms with Crippen molar-refractivity contribution in [2.24, 2.45) is 0 Å². The third-order valence-electron chi connectivity index (χ3n) is 15.6. The lowest BCUT2D eigenvalue weighted by molar-refractivity contribution is 0.668. The molecule has 3 aromatic heterocycles. The van der Waals surface area contributed by atoms with E-state index in [4.69, 9.17) is 19.4 Å². The molecule has 2 aliphatic carbocycles. The third kappa shape index (κ3) is 4.86. The molecule has 16 rings (SSSR count). The fraction of sp³-hybridized carbons (Fsp3) is 0.0308. The van der Waals surface area contributed by atoms with Crippen LogP contribution in [-0.4, -0.2) is 15.0 Å². The molecule has 6 bridgehead atoms. The summed E-state index contributed by atoms with van der Waals surface area (Å²) in [4.78, 5) is 16.2. The Morgan fingerprint density at radius 3 is 1.69 bits per heavy atom. The number of hydrogen-bond acceptors (Lipinski definition) is 5. The zero-order valence-corrected chi connectivity index (χ0v) is 38.3. The van der Waals surface area contributed by atoms with E-state index in [9.17, 15) is 0 Å². The number of benzene rings is 10. The number of rotatable bonds is 3. The molecule has 70 heavy (non-hydrogen) atoms. The SMILES string of the molecule is c1ccc(C2(c3ccc4c(c3)-c3ccccc3C43c4ccccc4-c4ccccc43)c3cccc(c3)-c3nc(-c4cccc5c4sc4ccccc45)nc(n3)-c3cccc4oc5ccc2cc5c34)cc1. The van der Waals surface area contributed by atoms with E-state index in [1.54, 1.807) is 11.3 Å². The van der Waals surface area contributed by atoms with Gasteiger partial charge in [0.2, 0.25) is 0 Å². The van der Waals surface area contributed by atoms with Crippen LogP contribution in [0.15, 0.2) is 229 Å². The second-order valence-electron chi connectivity index (χ2n) is 18.9. The Morgan fingerprint density at radius 1 is 0.329 bits per heavy atom. The molecule has 10 aromatic carbocycles. The van der Waals surface area contributed by atoms with Crippen molar-refractivity contribution in [1.82, 2.24) is 15.0 Å². The van der Waals surface area contributed by atoms with Gasteiger partial charge in [-0.2, -0.15) is 0 Å². The van der Waals surface area contributed by atoms with Crippen LogP contribution in [0.4, 0.5) is 0 Å². The summed E-state index contributed by atoms with van der Waals surface area (Å²) in [6.45, 7) is 0. The molecule has 4 heterocycles. The van der Waals surface area contributed by atoms with Crippen molar-refractivity contribution in [1.29, 1.82) is 0 Å². The molecule has 0 radical (unpaired) electrons. The van der Waals surface area contributed by atoms with Gasteiger partial charge in [-0.05, 0) is 109 Å². The molecule has 3 aliphatic rings. The minimum absolute atomic E-state index is 0.455. The van der Waals surface area contributed by atoms with Gasteiger partial charge in [-0.1, -0.05) is 182 Å². The molecule has 1 unspecified atom stereocenters. The first kappa shape index (κ1) is 38.2. The van der Waals surface area contributed by atoms with Crippen LogP contribution in [0.5, 0.6) is 0 Å². The van der Waals surface area contributed by atoms with Crippen LogP contribution in [0.25, 0.3) is 98.5 Å². The molecule has 324 valence electrons. The standard InChI is InChI=1S/C65H37N3OS/c1-2-16-39(17-3-1)64(41-31-33-55-50(36-41)45-21-6-10-28-54(45)65(55)52-26-8-4-19-43(52)44-20-5-9-27-53(44)65)40-18-12-15-38(35-40)61-66-62(48-24-14-29-57-59(48)51-37-42(64)32-34-56(51)69-57)68-63(67-61)49-25-13-23-47-46-22-7-11-30-58(46)70-60(47)49/h1-37H. The second kappa shape index (κ2) is 13.9. The van der Waals surface area contributed by atoms with Crippen molar-refractivity contribution in [2.75, 3.05) is 0 Å². The highest BCUT2D eigenvalue weighted by Gasteiger charge is 2.52. The Hall–Kier alpha value is -8.77. The highest BCUT2D eigenvalue weighted by molar-refractivity contribution is 7.26. The zero-order chi connectivity index (χ0) is 45.7. The lowest BCUT2D eigenvalue weighted by Crippen LogP contribution is -2.31. The lowest BCUT2D eigenvalue weighted by Gasteiger charge is -2.38. The molecule has 0 saturated heterocycles. The number of aromatic nitrogens is 3. The molecule has 0 fully saturated rings. The maximum Gasteiger partial charge on any atom is 0.165 e. The van der Waals surface area contributed by atoms with Crippen LogP contribution in [-0.2, 0) is 10.8 Å². The summed E-state index contributed by atoms with van der Waals surface area (Å²) in [5, 5.41) is 4.43. The molecule has 0 amide bonds. The van der Waals surface area contributed by atoms with Crippen LogP contribution in [0.3, 0.4) is 0 Å². The Balaban J connectivity index is 1.01. The van der Waals surface area contributed by atoms with Gasteiger partial charge in [-0.25, -0.2) is 15.0 Å². The van der Waals surface area contributed by atoms with E-state index >= 15 is 0 Å². The maximum absolute atomic E-state index is 6.77. The van der Waals surface area contributed by atoms with Gasteiger partial charge < -0.3 is 4.42 Å². The van der Waals surface area contributed by atoms with E-state index in [0.717, 1.165) is 60.0 Å². The van der Waals surface area contributed by atoms with Crippen molar-refractivity contribution in [2.45, 2.75) is 10.8 Å². The molecule has 0 N–H and O–H groups in total. The smallest absolute Gasteiger partial charge is 0.165 e. The first-order valence-corrected chi connectivity index (χ1v) is 24.7. The van der Waals surface area contributed by atoms with Gasteiger partial charge in [-0.15, -0.1) is 11.3 Å². The number of hydrogen-bond donors (Lipinski definition) is 0. The van der Waals surface area contributed by atoms with E-state index in [-0.39, 0.29) is 0 Å². The molecule has 5 heteroatoms. The third-order valence-corrected chi connectivity index (χ3v) is 16.9. The molecule has 0 saturated carbocycles. The molecular weight excluding hydrogens is 871 g/mol. The molecule has 4 nitrogen and oxygen atoms in total. The lowest BCUT2D eigenvalue weighted by atomic mass is 9.64. The number of furan rings is 1. The summed E-state index contributed by atoms with van der Waals surface area (Å²) in [6, 6.07) is 82.6. The van der Waals surface area contributed by atoms with Gasteiger partial charge in [0.15, 0.2) is 17.5 Å². The molecule has 1 atom stereocenters. The fourth-order valence-corrected chi connectivity index (χ4v) is 14.0. The van der Waals surface area contributed by atoms with Crippen molar-refractivity contribution in [3.05, 3.63) is 269 Å². The average molecular weight is 908 g/mol. The summed E-state index contributed by atoms with van der Waals surface area (Å²) >= 11 is 1.79. The normalized spacial score (nSPS) is 15.6. The van der Waals surface area contributed by atoms with Crippen molar-refractivity contribution >= 4 is 53.4 Å². The van der Waals surface area contributed by atoms with Gasteiger partial charge in [0.1, 0.15) is 11.2 Å². The number of nitrogens with zero attached hydrogens (tertiary/aromatic N) is 3. The summed E-state index contributed by atoms with van der Waals surface area (Å²) in [6.07, 6.45) is 0. The van der Waals surface area contributed by atoms with Gasteiger partial charge >= 0.3 is 0 Å². The van der Waals surface area contributed by atoms with Gasteiger partial charge in [-0.3, -0.25) is 0 Å². The second-order valence-corrected chi connectivity index (χ2v) is 20.0. The largest absolute Gasteiger partial charge is 0.456 e. The topological polar surface area (TPSA) is 51.8 Å². The molecule has 1 aliphatic heterocycles. The summed E-state index contributed by atoms with van der Waals surface area (Å²) in [7, 11) is 0. The van der Waals surface area contributed by atoms with E-state index in [1.807, 2.05) is 6.07 Å². The van der Waals surface area contributed by atoms with Crippen molar-refractivity contribution in [3.8, 4) is 56.4 Å². The first-order valence-electron chi connectivity index (χ1n) is 23.9. The minimum Gasteiger partial charge on any atom is -0.456 e. The number of fused-ring (bicyclic) bond motifs is 20. The molecule has 13 aromatic rings. The number of thiophene rings is 1. The summed E-state index contributed by atoms with van der Waals surface area (Å²) < 4.78 is 9.16. The average Bonchev–Trinajstić information content (AvgIpc) is 4.16. The van der Waals surface area contributed by atoms with Crippen LogP contribution >= 0.6 is 11.3 Å². The Bertz CT molecular complexity index is 4350. The first-order chi connectivity index (χ1) is 34.7. The highest BCUT2D eigenvalue weighted by Crippen LogP contribution is 2.63. The highest BCUT2D eigenvalue weighted by atomic mass is 32.1. The van der Waals surface area contributed by atoms with Crippen LogP contribution < -0.4 is 0 Å². The van der Waals surface area contributed by atoms with Crippen LogP contribution in [0, 0.1) is 0 Å². The van der Waals surface area contributed by atoms with Crippen molar-refractivity contribution in [3.63, 3.8) is 0 Å². The Kier molecular flexibility index (Phi) is 7.60. The summed E-state index contributed by atoms with van der Waals surface area (Å²) in [5.74, 6) is 1.87. The molecule has 1 spiro atoms. The van der Waals surface area contributed by atoms with Gasteiger partial charge in [0, 0.05) is 47.6 Å². The predicted molar refractivity (Wildman–Crippen MR) is 284 cm³/mol. The predicted octanol–water partition coefficient (Wildman–Crippen LogP) is 16.2. The van der Waals surface area contributed by atoms with Gasteiger partial charge in [0.05, 0.1) is 10.8 Å². The minimum atomic E-state index is -0.810. The maximum atomic E-state index is 6.77. The van der Waals surface area contributed by atoms with E-state index in [2.05, 4.69) is 218 Å². The zero-order valence-electron chi connectivity index (χ0n) is 37.5. The Morgan fingerprint density at radius 2 is 0.886 bits per heavy atom. The monoisotopic (exact) mass is 907 g/mol. The van der Waals surface area contributed by atoms with Crippen LogP contribution in [0.1, 0.15) is 44.5 Å². The van der Waals surface area contributed by atoms with E-state index < -0.39 is 10.8 Å². The van der Waals surface area contributed by atoms with E-state index in [0.29, 0.717) is 17.5 Å². The van der Waals surface area contributed by atoms with Crippen LogP contribution in [0.2, 0.25) is 0 Å². The Labute approximate surface area is 406 Å². The fourth-order valence-electron chi connectivity index (χ4n) is 12.8. The van der Waals surface area contributed by atoms with Crippen molar-refractivity contribution < 1.29 is 4.42 Å². The van der Waals surface area contributed by atoms with Gasteiger partial charge in [0.25, 0.3) is 0 Å². The molecular formula is C65H37N3OS. The summed E-state index contributed by atoms with van der Waals surface area (Å²) in [5.41, 5.74) is 18.1.